The van der Waals surface area contributed by atoms with Crippen LogP contribution in [0.1, 0.15) is 54.6 Å². The number of piperidine rings is 1. The van der Waals surface area contributed by atoms with E-state index in [0.717, 1.165) is 19.3 Å². The summed E-state index contributed by atoms with van der Waals surface area (Å²) in [6.45, 7) is 5.59. The van der Waals surface area contributed by atoms with E-state index in [0.29, 0.717) is 17.7 Å². The normalized spacial score (nSPS) is 17.9. The summed E-state index contributed by atoms with van der Waals surface area (Å²) in [4.78, 5) is 25.1. The number of carbonyl (C=O) groups is 2. The molecule has 1 saturated heterocycles. The zero-order chi connectivity index (χ0) is 24.2. The Hall–Kier alpha value is -2.78. The number of esters is 1. The van der Waals surface area contributed by atoms with Gasteiger partial charge in [-0.2, -0.15) is 4.31 Å². The van der Waals surface area contributed by atoms with Crippen LogP contribution in [0.5, 0.6) is 0 Å². The van der Waals surface area contributed by atoms with Gasteiger partial charge in [-0.05, 0) is 69.0 Å². The zero-order valence-corrected chi connectivity index (χ0v) is 19.8. The molecule has 0 aliphatic carbocycles. The van der Waals surface area contributed by atoms with Crippen molar-refractivity contribution in [2.75, 3.05) is 6.54 Å². The quantitative estimate of drug-likeness (QED) is 0.617. The van der Waals surface area contributed by atoms with E-state index in [9.17, 15) is 22.4 Å². The molecule has 0 bridgehead atoms. The molecule has 3 rings (SSSR count). The Bertz CT molecular complexity index is 1120. The van der Waals surface area contributed by atoms with Gasteiger partial charge in [0.15, 0.2) is 6.10 Å². The van der Waals surface area contributed by atoms with E-state index >= 15 is 0 Å². The van der Waals surface area contributed by atoms with Gasteiger partial charge < -0.3 is 10.1 Å². The number of benzene rings is 2. The van der Waals surface area contributed by atoms with Gasteiger partial charge in [0.2, 0.25) is 10.0 Å². The first-order valence-electron chi connectivity index (χ1n) is 10.9. The molecule has 33 heavy (non-hydrogen) atoms. The summed E-state index contributed by atoms with van der Waals surface area (Å²) in [5.41, 5.74) is 1.34. The lowest BCUT2D eigenvalue weighted by atomic mass is 10.1. The van der Waals surface area contributed by atoms with Crippen LogP contribution in [-0.4, -0.2) is 43.3 Å². The predicted molar refractivity (Wildman–Crippen MR) is 122 cm³/mol. The zero-order valence-electron chi connectivity index (χ0n) is 19.0. The average molecular weight is 477 g/mol. The van der Waals surface area contributed by atoms with Crippen molar-refractivity contribution in [1.82, 2.24) is 9.62 Å². The number of hydrogen-bond acceptors (Lipinski definition) is 5. The largest absolute Gasteiger partial charge is 0.449 e. The van der Waals surface area contributed by atoms with Crippen molar-refractivity contribution >= 4 is 21.9 Å². The maximum Gasteiger partial charge on any atom is 0.339 e. The van der Waals surface area contributed by atoms with E-state index in [1.807, 2.05) is 6.92 Å². The van der Waals surface area contributed by atoms with E-state index in [-0.39, 0.29) is 28.9 Å². The van der Waals surface area contributed by atoms with Crippen LogP contribution in [0.4, 0.5) is 4.39 Å². The summed E-state index contributed by atoms with van der Waals surface area (Å²) in [6.07, 6.45) is 1.49. The van der Waals surface area contributed by atoms with Gasteiger partial charge in [-0.15, -0.1) is 0 Å². The maximum atomic E-state index is 13.1. The number of nitrogens with zero attached hydrogens (tertiary/aromatic N) is 1. The maximum absolute atomic E-state index is 13.1. The Kier molecular flexibility index (Phi) is 7.86. The lowest BCUT2D eigenvalue weighted by molar-refractivity contribution is -0.129. The third-order valence-electron chi connectivity index (χ3n) is 5.81. The molecule has 7 nitrogen and oxygen atoms in total. The van der Waals surface area contributed by atoms with E-state index in [1.165, 1.54) is 35.5 Å². The van der Waals surface area contributed by atoms with Crippen LogP contribution >= 0.6 is 0 Å². The molecule has 1 amide bonds. The monoisotopic (exact) mass is 476 g/mol. The summed E-state index contributed by atoms with van der Waals surface area (Å²) in [6, 6.07) is 9.94. The van der Waals surface area contributed by atoms with Gasteiger partial charge in [-0.3, -0.25) is 4.79 Å². The topological polar surface area (TPSA) is 92.8 Å². The lowest BCUT2D eigenvalue weighted by Gasteiger charge is -2.32. The highest BCUT2D eigenvalue weighted by molar-refractivity contribution is 7.89. The molecule has 1 heterocycles. The Labute approximate surface area is 194 Å². The highest BCUT2D eigenvalue weighted by Crippen LogP contribution is 2.26. The van der Waals surface area contributed by atoms with Crippen LogP contribution in [0.3, 0.4) is 0 Å². The molecule has 2 aromatic carbocycles. The van der Waals surface area contributed by atoms with Crippen LogP contribution in [0.15, 0.2) is 47.4 Å². The van der Waals surface area contributed by atoms with Gasteiger partial charge in [0, 0.05) is 19.1 Å². The smallest absolute Gasteiger partial charge is 0.339 e. The number of rotatable bonds is 7. The fourth-order valence-electron chi connectivity index (χ4n) is 3.76. The Morgan fingerprint density at radius 3 is 2.55 bits per heavy atom. The van der Waals surface area contributed by atoms with Gasteiger partial charge in [0.1, 0.15) is 5.82 Å². The second kappa shape index (κ2) is 10.4. The van der Waals surface area contributed by atoms with Crippen molar-refractivity contribution in [3.8, 4) is 0 Å². The molecule has 2 unspecified atom stereocenters. The third-order valence-corrected chi connectivity index (χ3v) is 7.82. The summed E-state index contributed by atoms with van der Waals surface area (Å²) < 4.78 is 46.1. The fraction of sp³-hybridized carbons (Fsp3) is 0.417. The molecule has 9 heteroatoms. The third kappa shape index (κ3) is 5.97. The number of ether oxygens (including phenoxy) is 1. The van der Waals surface area contributed by atoms with Crippen molar-refractivity contribution in [1.29, 1.82) is 0 Å². The minimum absolute atomic E-state index is 0.0298. The first kappa shape index (κ1) is 24.9. The van der Waals surface area contributed by atoms with Crippen molar-refractivity contribution < 1.29 is 27.1 Å². The van der Waals surface area contributed by atoms with Gasteiger partial charge in [0.25, 0.3) is 5.91 Å². The summed E-state index contributed by atoms with van der Waals surface area (Å²) >= 11 is 0. The van der Waals surface area contributed by atoms with E-state index in [1.54, 1.807) is 25.1 Å². The Balaban J connectivity index is 1.69. The molecule has 178 valence electrons. The molecule has 1 aliphatic heterocycles. The van der Waals surface area contributed by atoms with Gasteiger partial charge in [-0.25, -0.2) is 17.6 Å². The van der Waals surface area contributed by atoms with Crippen molar-refractivity contribution in [2.24, 2.45) is 0 Å². The molecule has 2 aromatic rings. The van der Waals surface area contributed by atoms with Crippen molar-refractivity contribution in [3.05, 3.63) is 65.0 Å². The first-order chi connectivity index (χ1) is 15.6. The summed E-state index contributed by atoms with van der Waals surface area (Å²) in [7, 11) is -3.75. The molecular weight excluding hydrogens is 447 g/mol. The molecule has 1 N–H and O–H groups in total. The highest BCUT2D eigenvalue weighted by Gasteiger charge is 2.32. The predicted octanol–water partition coefficient (Wildman–Crippen LogP) is 3.56. The molecule has 0 radical (unpaired) electrons. The number of nitrogens with one attached hydrogen (secondary N) is 1. The standard InChI is InChI=1S/C24H29FN2O5S/c1-16-7-12-21(33(30,31)27-13-5-4-6-17(27)2)14-22(16)24(29)32-18(3)23(28)26-15-19-8-10-20(25)11-9-19/h7-12,14,17-18H,4-6,13,15H2,1-3H3,(H,26,28). The number of hydrogen-bond donors (Lipinski definition) is 1. The van der Waals surface area contributed by atoms with Crippen molar-refractivity contribution in [2.45, 2.75) is 63.6 Å². The van der Waals surface area contributed by atoms with E-state index < -0.39 is 28.0 Å². The summed E-state index contributed by atoms with van der Waals surface area (Å²) in [5, 5.41) is 2.63. The first-order valence-corrected chi connectivity index (χ1v) is 12.4. The number of carbonyl (C=O) groups excluding carboxylic acids is 2. The van der Waals surface area contributed by atoms with Gasteiger partial charge in [0.05, 0.1) is 10.5 Å². The molecule has 1 aliphatic rings. The highest BCUT2D eigenvalue weighted by atomic mass is 32.2. The molecule has 1 fully saturated rings. The Morgan fingerprint density at radius 2 is 1.88 bits per heavy atom. The fourth-order valence-corrected chi connectivity index (χ4v) is 5.48. The number of sulfonamides is 1. The molecule has 2 atom stereocenters. The van der Waals surface area contributed by atoms with Crippen LogP contribution in [0.25, 0.3) is 0 Å². The minimum Gasteiger partial charge on any atom is -0.449 e. The molecular formula is C24H29FN2O5S. The van der Waals surface area contributed by atoms with Crippen LogP contribution in [0, 0.1) is 12.7 Å². The number of aryl methyl sites for hydroxylation is 1. The van der Waals surface area contributed by atoms with E-state index in [2.05, 4.69) is 5.32 Å². The lowest BCUT2D eigenvalue weighted by Crippen LogP contribution is -2.42. The average Bonchev–Trinajstić information content (AvgIpc) is 2.78. The number of halogens is 1. The number of amides is 1. The Morgan fingerprint density at radius 1 is 1.18 bits per heavy atom. The minimum atomic E-state index is -3.75. The van der Waals surface area contributed by atoms with Gasteiger partial charge in [-0.1, -0.05) is 24.6 Å². The SMILES string of the molecule is Cc1ccc(S(=O)(=O)N2CCCCC2C)cc1C(=O)OC(C)C(=O)NCc1ccc(F)cc1. The molecule has 0 spiro atoms. The second-order valence-electron chi connectivity index (χ2n) is 8.33. The van der Waals surface area contributed by atoms with Crippen LogP contribution in [-0.2, 0) is 26.1 Å². The van der Waals surface area contributed by atoms with Crippen molar-refractivity contribution in [3.63, 3.8) is 0 Å². The van der Waals surface area contributed by atoms with E-state index in [4.69, 9.17) is 4.74 Å². The summed E-state index contributed by atoms with van der Waals surface area (Å²) in [5.74, 6) is -1.67. The molecule has 0 aromatic heterocycles. The van der Waals surface area contributed by atoms with Crippen LogP contribution in [0.2, 0.25) is 0 Å². The molecule has 0 saturated carbocycles. The second-order valence-corrected chi connectivity index (χ2v) is 10.2. The van der Waals surface area contributed by atoms with Gasteiger partial charge >= 0.3 is 5.97 Å². The van der Waals surface area contributed by atoms with Crippen LogP contribution < -0.4 is 5.32 Å².